The van der Waals surface area contributed by atoms with Crippen molar-refractivity contribution in [2.75, 3.05) is 5.32 Å². The standard InChI is InChI=1S/C17H21FN2O/c1-9-15(18)7-13(17(19)21)8-16(9)20-10(2)14-6-11-3-4-12(14)5-11/h3-4,7-8,10-12,14,20H,5-6H2,1-2H3,(H2,19,21). The van der Waals surface area contributed by atoms with Crippen molar-refractivity contribution in [2.24, 2.45) is 23.5 Å². The molecular weight excluding hydrogens is 267 g/mol. The molecule has 112 valence electrons. The Morgan fingerprint density at radius 3 is 2.71 bits per heavy atom. The van der Waals surface area contributed by atoms with E-state index in [2.05, 4.69) is 24.4 Å². The van der Waals surface area contributed by atoms with Gasteiger partial charge in [0.2, 0.25) is 5.91 Å². The predicted molar refractivity (Wildman–Crippen MR) is 81.6 cm³/mol. The molecule has 2 aliphatic carbocycles. The first kappa shape index (κ1) is 14.1. The SMILES string of the molecule is Cc1c(F)cc(C(N)=O)cc1NC(C)C1CC2C=CC1C2. The molecule has 0 heterocycles. The van der Waals surface area contributed by atoms with Crippen molar-refractivity contribution in [3.8, 4) is 0 Å². The van der Waals surface area contributed by atoms with E-state index in [4.69, 9.17) is 5.73 Å². The highest BCUT2D eigenvalue weighted by Gasteiger charge is 2.38. The lowest BCUT2D eigenvalue weighted by atomic mass is 9.87. The lowest BCUT2D eigenvalue weighted by molar-refractivity contribution is 0.1000. The molecule has 0 aromatic heterocycles. The Labute approximate surface area is 124 Å². The number of benzene rings is 1. The van der Waals surface area contributed by atoms with Crippen molar-refractivity contribution < 1.29 is 9.18 Å². The molecule has 2 aliphatic rings. The minimum Gasteiger partial charge on any atom is -0.382 e. The number of carbonyl (C=O) groups is 1. The number of rotatable bonds is 4. The van der Waals surface area contributed by atoms with E-state index < -0.39 is 11.7 Å². The van der Waals surface area contributed by atoms with E-state index in [1.165, 1.54) is 18.9 Å². The summed E-state index contributed by atoms with van der Waals surface area (Å²) in [5.41, 5.74) is 6.67. The van der Waals surface area contributed by atoms with E-state index in [1.54, 1.807) is 13.0 Å². The van der Waals surface area contributed by atoms with Crippen LogP contribution in [0.2, 0.25) is 0 Å². The Kier molecular flexibility index (Phi) is 3.47. The third kappa shape index (κ3) is 2.55. The largest absolute Gasteiger partial charge is 0.382 e. The molecule has 0 saturated heterocycles. The summed E-state index contributed by atoms with van der Waals surface area (Å²) in [6, 6.07) is 3.10. The fourth-order valence-corrected chi connectivity index (χ4v) is 3.72. The van der Waals surface area contributed by atoms with Crippen LogP contribution in [0.25, 0.3) is 0 Å². The zero-order chi connectivity index (χ0) is 15.1. The van der Waals surface area contributed by atoms with Gasteiger partial charge in [0.1, 0.15) is 5.82 Å². The van der Waals surface area contributed by atoms with Crippen LogP contribution in [-0.4, -0.2) is 11.9 Å². The number of halogens is 1. The monoisotopic (exact) mass is 288 g/mol. The molecule has 1 aromatic rings. The van der Waals surface area contributed by atoms with Gasteiger partial charge in [0.15, 0.2) is 0 Å². The first-order chi connectivity index (χ1) is 9.95. The van der Waals surface area contributed by atoms with E-state index in [0.29, 0.717) is 29.0 Å². The maximum atomic E-state index is 13.9. The zero-order valence-electron chi connectivity index (χ0n) is 12.4. The van der Waals surface area contributed by atoms with Gasteiger partial charge in [0, 0.05) is 22.9 Å². The number of carbonyl (C=O) groups excluding carboxylic acids is 1. The molecule has 0 radical (unpaired) electrons. The fraction of sp³-hybridized carbons (Fsp3) is 0.471. The number of hydrogen-bond donors (Lipinski definition) is 2. The minimum atomic E-state index is -0.604. The number of anilines is 1. The van der Waals surface area contributed by atoms with Gasteiger partial charge in [-0.2, -0.15) is 0 Å². The molecule has 1 amide bonds. The van der Waals surface area contributed by atoms with Gasteiger partial charge in [-0.15, -0.1) is 0 Å². The molecule has 21 heavy (non-hydrogen) atoms. The van der Waals surface area contributed by atoms with E-state index >= 15 is 0 Å². The quantitative estimate of drug-likeness (QED) is 0.836. The second-order valence-electron chi connectivity index (χ2n) is 6.37. The molecule has 0 spiro atoms. The first-order valence-electron chi connectivity index (χ1n) is 7.50. The summed E-state index contributed by atoms with van der Waals surface area (Å²) in [5, 5.41) is 3.39. The molecule has 1 fully saturated rings. The molecule has 3 nitrogen and oxygen atoms in total. The van der Waals surface area contributed by atoms with E-state index in [1.807, 2.05) is 0 Å². The number of hydrogen-bond acceptors (Lipinski definition) is 2. The van der Waals surface area contributed by atoms with Crippen LogP contribution >= 0.6 is 0 Å². The van der Waals surface area contributed by atoms with Gasteiger partial charge in [0.25, 0.3) is 0 Å². The van der Waals surface area contributed by atoms with Crippen LogP contribution in [0.3, 0.4) is 0 Å². The predicted octanol–water partition coefficient (Wildman–Crippen LogP) is 3.25. The molecule has 1 aromatic carbocycles. The third-order valence-corrected chi connectivity index (χ3v) is 4.98. The Bertz CT molecular complexity index is 611. The molecule has 3 rings (SSSR count). The molecule has 4 unspecified atom stereocenters. The van der Waals surface area contributed by atoms with E-state index in [-0.39, 0.29) is 11.6 Å². The number of primary amides is 1. The molecule has 4 atom stereocenters. The summed E-state index contributed by atoms with van der Waals surface area (Å²) >= 11 is 0. The average Bonchev–Trinajstić information content (AvgIpc) is 3.05. The summed E-state index contributed by atoms with van der Waals surface area (Å²) in [5.74, 6) is 0.905. The molecular formula is C17H21FN2O. The highest BCUT2D eigenvalue weighted by molar-refractivity contribution is 5.94. The molecule has 3 N–H and O–H groups in total. The van der Waals surface area contributed by atoms with Crippen molar-refractivity contribution in [3.05, 3.63) is 41.2 Å². The normalized spacial score (nSPS) is 27.9. The fourth-order valence-electron chi connectivity index (χ4n) is 3.72. The summed E-state index contributed by atoms with van der Waals surface area (Å²) in [6.45, 7) is 3.85. The topological polar surface area (TPSA) is 55.1 Å². The lowest BCUT2D eigenvalue weighted by Crippen LogP contribution is -2.29. The van der Waals surface area contributed by atoms with Crippen LogP contribution < -0.4 is 11.1 Å². The van der Waals surface area contributed by atoms with Crippen LogP contribution in [0.15, 0.2) is 24.3 Å². The Morgan fingerprint density at radius 2 is 2.14 bits per heavy atom. The Morgan fingerprint density at radius 1 is 1.38 bits per heavy atom. The van der Waals surface area contributed by atoms with Crippen LogP contribution in [-0.2, 0) is 0 Å². The molecule has 0 aliphatic heterocycles. The smallest absolute Gasteiger partial charge is 0.248 e. The van der Waals surface area contributed by atoms with Crippen LogP contribution in [0.5, 0.6) is 0 Å². The number of fused-ring (bicyclic) bond motifs is 2. The maximum absolute atomic E-state index is 13.9. The average molecular weight is 288 g/mol. The van der Waals surface area contributed by atoms with Gasteiger partial charge >= 0.3 is 0 Å². The van der Waals surface area contributed by atoms with Crippen molar-refractivity contribution in [1.82, 2.24) is 0 Å². The second-order valence-corrected chi connectivity index (χ2v) is 6.37. The number of nitrogens with one attached hydrogen (secondary N) is 1. The second kappa shape index (κ2) is 5.17. The number of amides is 1. The van der Waals surface area contributed by atoms with Crippen molar-refractivity contribution >= 4 is 11.6 Å². The summed E-state index contributed by atoms with van der Waals surface area (Å²) < 4.78 is 13.9. The van der Waals surface area contributed by atoms with Gasteiger partial charge in [0.05, 0.1) is 0 Å². The molecule has 2 bridgehead atoms. The highest BCUT2D eigenvalue weighted by Crippen LogP contribution is 2.45. The van der Waals surface area contributed by atoms with Crippen molar-refractivity contribution in [2.45, 2.75) is 32.7 Å². The minimum absolute atomic E-state index is 0.209. The first-order valence-corrected chi connectivity index (χ1v) is 7.50. The van der Waals surface area contributed by atoms with E-state index in [0.717, 1.165) is 0 Å². The third-order valence-electron chi connectivity index (χ3n) is 4.98. The highest BCUT2D eigenvalue weighted by atomic mass is 19.1. The Hall–Kier alpha value is -1.84. The lowest BCUT2D eigenvalue weighted by Gasteiger charge is -2.28. The number of allylic oxidation sites excluding steroid dienone is 2. The maximum Gasteiger partial charge on any atom is 0.248 e. The van der Waals surface area contributed by atoms with Gasteiger partial charge < -0.3 is 11.1 Å². The summed E-state index contributed by atoms with van der Waals surface area (Å²) in [4.78, 5) is 11.3. The molecule has 4 heteroatoms. The van der Waals surface area contributed by atoms with Gasteiger partial charge in [-0.3, -0.25) is 4.79 Å². The number of nitrogens with two attached hydrogens (primary N) is 1. The van der Waals surface area contributed by atoms with Gasteiger partial charge in [-0.05, 0) is 56.6 Å². The zero-order valence-corrected chi connectivity index (χ0v) is 12.4. The summed E-state index contributed by atoms with van der Waals surface area (Å²) in [7, 11) is 0. The van der Waals surface area contributed by atoms with Crippen LogP contribution in [0, 0.1) is 30.5 Å². The van der Waals surface area contributed by atoms with Crippen molar-refractivity contribution in [3.63, 3.8) is 0 Å². The van der Waals surface area contributed by atoms with Gasteiger partial charge in [-0.1, -0.05) is 12.2 Å². The van der Waals surface area contributed by atoms with Crippen LogP contribution in [0.4, 0.5) is 10.1 Å². The Balaban J connectivity index is 1.81. The van der Waals surface area contributed by atoms with Gasteiger partial charge in [-0.25, -0.2) is 4.39 Å². The van der Waals surface area contributed by atoms with E-state index in [9.17, 15) is 9.18 Å². The van der Waals surface area contributed by atoms with Crippen molar-refractivity contribution in [1.29, 1.82) is 0 Å². The summed E-state index contributed by atoms with van der Waals surface area (Å²) in [6.07, 6.45) is 7.05. The van der Waals surface area contributed by atoms with Crippen LogP contribution in [0.1, 0.15) is 35.7 Å². The molecule has 1 saturated carbocycles.